The summed E-state index contributed by atoms with van der Waals surface area (Å²) in [6.07, 6.45) is 7.88. The normalized spacial score (nSPS) is 16.0. The molecule has 1 fully saturated rings. The number of hydrogen-bond donors (Lipinski definition) is 2. The van der Waals surface area contributed by atoms with E-state index in [-0.39, 0.29) is 11.1 Å². The minimum absolute atomic E-state index is 0.0639. The standard InChI is InChI=1S/C23H27FN4OS/c1-15(2)30(29)23-27-21(16-8-10-18(24)11-9-16)22(28-23)17-12-13-25-20(14-17)26-19-6-4-3-5-7-19/h8-15,19H,3-7H2,1-2H3,(H,25,26)(H,27,28)/t30-/m0/s1. The van der Waals surface area contributed by atoms with E-state index in [0.717, 1.165) is 35.5 Å². The van der Waals surface area contributed by atoms with Gasteiger partial charge in [0.05, 0.1) is 22.2 Å². The van der Waals surface area contributed by atoms with Crippen LogP contribution < -0.4 is 5.32 Å². The second-order valence-corrected chi connectivity index (χ2v) is 9.95. The Morgan fingerprint density at radius 1 is 1.10 bits per heavy atom. The fraction of sp³-hybridized carbons (Fsp3) is 0.391. The van der Waals surface area contributed by atoms with Gasteiger partial charge in [-0.1, -0.05) is 33.1 Å². The summed E-state index contributed by atoms with van der Waals surface area (Å²) in [5.74, 6) is 0.521. The minimum Gasteiger partial charge on any atom is -0.367 e. The number of anilines is 1. The molecule has 0 bridgehead atoms. The van der Waals surface area contributed by atoms with E-state index in [9.17, 15) is 8.60 Å². The Morgan fingerprint density at radius 3 is 2.53 bits per heavy atom. The predicted molar refractivity (Wildman–Crippen MR) is 119 cm³/mol. The molecule has 1 atom stereocenters. The number of nitrogens with zero attached hydrogens (tertiary/aromatic N) is 2. The second-order valence-electron chi connectivity index (χ2n) is 8.03. The fourth-order valence-electron chi connectivity index (χ4n) is 3.82. The highest BCUT2D eigenvalue weighted by Gasteiger charge is 2.20. The molecule has 3 aromatic rings. The highest BCUT2D eigenvalue weighted by Crippen LogP contribution is 2.32. The van der Waals surface area contributed by atoms with Crippen molar-refractivity contribution in [2.24, 2.45) is 0 Å². The lowest BCUT2D eigenvalue weighted by atomic mass is 9.95. The molecule has 5 nitrogen and oxygen atoms in total. The first-order valence-corrected chi connectivity index (χ1v) is 11.7. The largest absolute Gasteiger partial charge is 0.367 e. The van der Waals surface area contributed by atoms with Gasteiger partial charge in [-0.05, 0) is 49.2 Å². The van der Waals surface area contributed by atoms with Gasteiger partial charge in [-0.15, -0.1) is 0 Å². The zero-order valence-corrected chi connectivity index (χ0v) is 18.1. The monoisotopic (exact) mass is 426 g/mol. The van der Waals surface area contributed by atoms with Crippen molar-refractivity contribution in [1.82, 2.24) is 15.0 Å². The third-order valence-electron chi connectivity index (χ3n) is 5.42. The number of H-pyrrole nitrogens is 1. The number of aromatic nitrogens is 3. The molecule has 2 aromatic heterocycles. The van der Waals surface area contributed by atoms with Crippen LogP contribution in [0.3, 0.4) is 0 Å². The summed E-state index contributed by atoms with van der Waals surface area (Å²) in [6.45, 7) is 3.79. The average Bonchev–Trinajstić information content (AvgIpc) is 3.20. The fourth-order valence-corrected chi connectivity index (χ4v) is 4.65. The summed E-state index contributed by atoms with van der Waals surface area (Å²) in [5, 5.41) is 3.91. The van der Waals surface area contributed by atoms with E-state index in [2.05, 4.69) is 20.3 Å². The van der Waals surface area contributed by atoms with Crippen molar-refractivity contribution in [1.29, 1.82) is 0 Å². The summed E-state index contributed by atoms with van der Waals surface area (Å²) >= 11 is 0. The Kier molecular flexibility index (Phi) is 6.27. The first-order valence-electron chi connectivity index (χ1n) is 10.5. The van der Waals surface area contributed by atoms with Crippen LogP contribution in [0.1, 0.15) is 46.0 Å². The van der Waals surface area contributed by atoms with Crippen LogP contribution in [0.2, 0.25) is 0 Å². The van der Waals surface area contributed by atoms with Crippen LogP contribution >= 0.6 is 0 Å². The number of imidazole rings is 1. The van der Waals surface area contributed by atoms with Crippen molar-refractivity contribution in [3.63, 3.8) is 0 Å². The topological polar surface area (TPSA) is 70.7 Å². The number of hydrogen-bond acceptors (Lipinski definition) is 4. The Hall–Kier alpha value is -2.54. The molecule has 4 rings (SSSR count). The Morgan fingerprint density at radius 2 is 1.83 bits per heavy atom. The Labute approximate surface area is 179 Å². The van der Waals surface area contributed by atoms with Gasteiger partial charge in [-0.3, -0.25) is 4.21 Å². The number of halogens is 1. The molecule has 0 unspecified atom stereocenters. The number of nitrogens with one attached hydrogen (secondary N) is 2. The van der Waals surface area contributed by atoms with E-state index in [1.54, 1.807) is 18.3 Å². The quantitative estimate of drug-likeness (QED) is 0.543. The molecule has 1 aromatic carbocycles. The van der Waals surface area contributed by atoms with E-state index >= 15 is 0 Å². The molecular formula is C23H27FN4OS. The smallest absolute Gasteiger partial charge is 0.197 e. The first kappa shape index (κ1) is 20.7. The molecule has 0 aliphatic heterocycles. The average molecular weight is 427 g/mol. The van der Waals surface area contributed by atoms with Crippen molar-refractivity contribution in [2.75, 3.05) is 5.32 Å². The molecular weight excluding hydrogens is 399 g/mol. The lowest BCUT2D eigenvalue weighted by Crippen LogP contribution is -2.22. The van der Waals surface area contributed by atoms with Gasteiger partial charge in [0.2, 0.25) is 0 Å². The first-order chi connectivity index (χ1) is 14.5. The third kappa shape index (κ3) is 4.61. The molecule has 1 aliphatic rings. The molecule has 7 heteroatoms. The molecule has 158 valence electrons. The van der Waals surface area contributed by atoms with Gasteiger partial charge in [-0.25, -0.2) is 14.4 Å². The highest BCUT2D eigenvalue weighted by atomic mass is 32.2. The molecule has 30 heavy (non-hydrogen) atoms. The van der Waals surface area contributed by atoms with Crippen molar-refractivity contribution < 1.29 is 8.60 Å². The maximum atomic E-state index is 13.4. The zero-order chi connectivity index (χ0) is 21.1. The summed E-state index contributed by atoms with van der Waals surface area (Å²) in [6, 6.07) is 10.6. The molecule has 0 amide bonds. The van der Waals surface area contributed by atoms with Gasteiger partial charge >= 0.3 is 0 Å². The highest BCUT2D eigenvalue weighted by molar-refractivity contribution is 7.85. The van der Waals surface area contributed by atoms with Gasteiger partial charge in [0, 0.05) is 28.6 Å². The number of pyridine rings is 1. The van der Waals surface area contributed by atoms with Gasteiger partial charge in [0.25, 0.3) is 0 Å². The summed E-state index contributed by atoms with van der Waals surface area (Å²) in [4.78, 5) is 12.4. The van der Waals surface area contributed by atoms with Gasteiger partial charge in [0.1, 0.15) is 11.6 Å². The van der Waals surface area contributed by atoms with Crippen molar-refractivity contribution in [3.8, 4) is 22.5 Å². The van der Waals surface area contributed by atoms with Crippen LogP contribution in [0.4, 0.5) is 10.2 Å². The van der Waals surface area contributed by atoms with Crippen LogP contribution in [-0.4, -0.2) is 30.5 Å². The van der Waals surface area contributed by atoms with Crippen LogP contribution in [-0.2, 0) is 10.8 Å². The second kappa shape index (κ2) is 9.08. The van der Waals surface area contributed by atoms with Crippen LogP contribution in [0.5, 0.6) is 0 Å². The zero-order valence-electron chi connectivity index (χ0n) is 17.3. The minimum atomic E-state index is -1.26. The van der Waals surface area contributed by atoms with Crippen LogP contribution in [0.15, 0.2) is 47.8 Å². The third-order valence-corrected chi connectivity index (χ3v) is 6.86. The molecule has 1 saturated carbocycles. The number of benzene rings is 1. The number of rotatable bonds is 6. The van der Waals surface area contributed by atoms with Crippen molar-refractivity contribution in [2.45, 2.75) is 62.4 Å². The number of aromatic amines is 1. The molecule has 2 N–H and O–H groups in total. The molecule has 2 heterocycles. The summed E-state index contributed by atoms with van der Waals surface area (Å²) < 4.78 is 26.1. The maximum absolute atomic E-state index is 13.4. The van der Waals surface area contributed by atoms with Gasteiger partial charge < -0.3 is 10.3 Å². The Bertz CT molecular complexity index is 1030. The van der Waals surface area contributed by atoms with Crippen molar-refractivity contribution >= 4 is 16.6 Å². The lowest BCUT2D eigenvalue weighted by molar-refractivity contribution is 0.462. The van der Waals surface area contributed by atoms with E-state index in [1.807, 2.05) is 26.0 Å². The SMILES string of the molecule is CC(C)[S@](=O)c1nc(-c2ccnc(NC3CCCCC3)c2)c(-c2ccc(F)cc2)[nH]1. The van der Waals surface area contributed by atoms with E-state index in [4.69, 9.17) is 0 Å². The summed E-state index contributed by atoms with van der Waals surface area (Å²) in [7, 11) is -1.26. The molecule has 0 spiro atoms. The maximum Gasteiger partial charge on any atom is 0.197 e. The van der Waals surface area contributed by atoms with E-state index < -0.39 is 10.8 Å². The predicted octanol–water partition coefficient (Wildman–Crippen LogP) is 5.54. The van der Waals surface area contributed by atoms with Crippen LogP contribution in [0.25, 0.3) is 22.5 Å². The Balaban J connectivity index is 1.72. The van der Waals surface area contributed by atoms with Crippen LogP contribution in [0, 0.1) is 5.82 Å². The lowest BCUT2D eigenvalue weighted by Gasteiger charge is -2.23. The molecule has 0 radical (unpaired) electrons. The van der Waals surface area contributed by atoms with Gasteiger partial charge in [0.15, 0.2) is 5.16 Å². The van der Waals surface area contributed by atoms with E-state index in [1.165, 1.54) is 31.4 Å². The summed E-state index contributed by atoms with van der Waals surface area (Å²) in [5.41, 5.74) is 3.10. The van der Waals surface area contributed by atoms with Crippen molar-refractivity contribution in [3.05, 3.63) is 48.4 Å². The van der Waals surface area contributed by atoms with E-state index in [0.29, 0.717) is 16.9 Å². The van der Waals surface area contributed by atoms with Gasteiger partial charge in [-0.2, -0.15) is 0 Å². The molecule has 0 saturated heterocycles. The molecule has 1 aliphatic carbocycles.